The number of quaternary nitrogens is 1. The molecule has 2 heterocycles. The number of benzene rings is 5. The first-order valence-electron chi connectivity index (χ1n) is 14.0. The van der Waals surface area contributed by atoms with Crippen molar-refractivity contribution in [2.24, 2.45) is 4.99 Å². The van der Waals surface area contributed by atoms with E-state index in [4.69, 9.17) is 4.99 Å². The Bertz CT molecular complexity index is 1860. The molecule has 2 N–H and O–H groups in total. The van der Waals surface area contributed by atoms with Crippen molar-refractivity contribution >= 4 is 38.9 Å². The molecule has 0 radical (unpaired) electrons. The van der Waals surface area contributed by atoms with Crippen LogP contribution in [0.2, 0.25) is 0 Å². The highest BCUT2D eigenvalue weighted by molar-refractivity contribution is 6.13. The number of hydrogen-bond acceptors (Lipinski definition) is 1. The lowest BCUT2D eigenvalue weighted by Gasteiger charge is -2.26. The Hall–Kier alpha value is -4.47. The minimum Gasteiger partial charge on any atom is -0.287 e. The van der Waals surface area contributed by atoms with Gasteiger partial charge in [0.2, 0.25) is 6.17 Å². The Kier molecular flexibility index (Phi) is 5.87. The molecule has 190 valence electrons. The lowest BCUT2D eigenvalue weighted by Crippen LogP contribution is -2.83. The molecule has 0 bridgehead atoms. The van der Waals surface area contributed by atoms with Gasteiger partial charge in [0.05, 0.1) is 11.0 Å². The summed E-state index contributed by atoms with van der Waals surface area (Å²) >= 11 is 0. The molecular weight excluding hydrogens is 474 g/mol. The van der Waals surface area contributed by atoms with Gasteiger partial charge in [0.1, 0.15) is 11.4 Å². The largest absolute Gasteiger partial charge is 0.287 e. The molecule has 1 unspecified atom stereocenters. The maximum Gasteiger partial charge on any atom is 0.215 e. The van der Waals surface area contributed by atoms with Crippen LogP contribution in [-0.2, 0) is 12.8 Å². The number of rotatable bonds is 5. The Labute approximate surface area is 229 Å². The number of fused-ring (bicyclic) bond motifs is 4. The van der Waals surface area contributed by atoms with Crippen LogP contribution < -0.4 is 5.32 Å². The van der Waals surface area contributed by atoms with Crippen molar-refractivity contribution < 1.29 is 5.32 Å². The Balaban J connectivity index is 1.57. The van der Waals surface area contributed by atoms with Gasteiger partial charge >= 0.3 is 0 Å². The van der Waals surface area contributed by atoms with Gasteiger partial charge in [-0.25, -0.2) is 4.99 Å². The Morgan fingerprint density at radius 1 is 0.667 bits per heavy atom. The monoisotopic (exact) mass is 506 g/mol. The summed E-state index contributed by atoms with van der Waals surface area (Å²) in [6.45, 7) is 4.54. The highest BCUT2D eigenvalue weighted by atomic mass is 15.2. The van der Waals surface area contributed by atoms with Gasteiger partial charge in [-0.1, -0.05) is 111 Å². The van der Waals surface area contributed by atoms with Gasteiger partial charge in [-0.05, 0) is 47.2 Å². The first kappa shape index (κ1) is 23.6. The van der Waals surface area contributed by atoms with Crippen molar-refractivity contribution in [2.45, 2.75) is 32.9 Å². The fourth-order valence-corrected chi connectivity index (χ4v) is 6.37. The van der Waals surface area contributed by atoms with Gasteiger partial charge in [0.25, 0.3) is 0 Å². The topological polar surface area (TPSA) is 33.9 Å². The lowest BCUT2D eigenvalue weighted by atomic mass is 9.91. The molecule has 7 rings (SSSR count). The van der Waals surface area contributed by atoms with Crippen LogP contribution in [-0.4, -0.2) is 10.3 Å². The first-order valence-corrected chi connectivity index (χ1v) is 14.0. The van der Waals surface area contributed by atoms with Crippen LogP contribution in [0.4, 0.5) is 11.4 Å². The van der Waals surface area contributed by atoms with Gasteiger partial charge in [-0.3, -0.25) is 9.88 Å². The average Bonchev–Trinajstić information content (AvgIpc) is 3.34. The predicted octanol–water partition coefficient (Wildman–Crippen LogP) is 8.11. The zero-order valence-electron chi connectivity index (χ0n) is 22.4. The molecule has 0 aliphatic carbocycles. The standard InChI is InChI=1S/C36H31N3/c1-3-24-14-8-9-17-27(24)28-22-23-30-29-18-10-13-21-33(29)39(35(30)26(28)4-2)36-34(25-15-6-5-7-16-25)37-31-19-11-12-20-32(31)38-36/h5-23,36,38H,3-4H2,1-2H3/p+1. The Morgan fingerprint density at radius 2 is 1.41 bits per heavy atom. The molecule has 0 saturated carbocycles. The summed E-state index contributed by atoms with van der Waals surface area (Å²) in [6, 6.07) is 41.6. The number of para-hydroxylation sites is 3. The highest BCUT2D eigenvalue weighted by Gasteiger charge is 2.33. The fraction of sp³-hybridized carbons (Fsp3) is 0.139. The van der Waals surface area contributed by atoms with E-state index in [9.17, 15) is 0 Å². The van der Waals surface area contributed by atoms with Gasteiger partial charge in [-0.2, -0.15) is 0 Å². The summed E-state index contributed by atoms with van der Waals surface area (Å²) in [5.41, 5.74) is 12.5. The molecule has 3 heteroatoms. The molecule has 3 nitrogen and oxygen atoms in total. The summed E-state index contributed by atoms with van der Waals surface area (Å²) in [4.78, 5) is 5.29. The van der Waals surface area contributed by atoms with Crippen LogP contribution in [0, 0.1) is 0 Å². The number of aromatic nitrogens is 1. The van der Waals surface area contributed by atoms with Crippen LogP contribution in [0.5, 0.6) is 0 Å². The van der Waals surface area contributed by atoms with Gasteiger partial charge in [-0.15, -0.1) is 0 Å². The Morgan fingerprint density at radius 3 is 2.26 bits per heavy atom. The van der Waals surface area contributed by atoms with E-state index >= 15 is 0 Å². The minimum atomic E-state index is -0.0355. The second-order valence-electron chi connectivity index (χ2n) is 10.3. The average molecular weight is 507 g/mol. The third-order valence-electron chi connectivity index (χ3n) is 8.16. The number of aryl methyl sites for hydroxylation is 2. The molecular formula is C36H32N3+. The third kappa shape index (κ3) is 3.81. The van der Waals surface area contributed by atoms with Crippen LogP contribution in [0.3, 0.4) is 0 Å². The molecule has 0 spiro atoms. The quantitative estimate of drug-likeness (QED) is 0.229. The molecule has 5 aromatic carbocycles. The minimum absolute atomic E-state index is 0.0355. The van der Waals surface area contributed by atoms with E-state index in [1.807, 2.05) is 0 Å². The predicted molar refractivity (Wildman–Crippen MR) is 163 cm³/mol. The number of nitrogens with two attached hydrogens (primary N) is 1. The smallest absolute Gasteiger partial charge is 0.215 e. The molecule has 39 heavy (non-hydrogen) atoms. The fourth-order valence-electron chi connectivity index (χ4n) is 6.37. The van der Waals surface area contributed by atoms with E-state index in [2.05, 4.69) is 139 Å². The van der Waals surface area contributed by atoms with Crippen molar-refractivity contribution in [2.75, 3.05) is 0 Å². The summed E-state index contributed by atoms with van der Waals surface area (Å²) in [7, 11) is 0. The van der Waals surface area contributed by atoms with Crippen molar-refractivity contribution in [1.29, 1.82) is 0 Å². The summed E-state index contributed by atoms with van der Waals surface area (Å²) < 4.78 is 2.56. The summed E-state index contributed by atoms with van der Waals surface area (Å²) in [6.07, 6.45) is 1.92. The maximum absolute atomic E-state index is 5.29. The van der Waals surface area contributed by atoms with E-state index in [0.29, 0.717) is 0 Å². The normalized spacial score (nSPS) is 14.9. The van der Waals surface area contributed by atoms with Crippen molar-refractivity contribution in [1.82, 2.24) is 4.57 Å². The maximum atomic E-state index is 5.29. The van der Waals surface area contributed by atoms with E-state index < -0.39 is 0 Å². The SMILES string of the molecule is CCc1ccccc1-c1ccc2c3ccccc3n(C3[NH2+]c4ccccc4N=C3c3ccccc3)c2c1CC. The molecule has 0 saturated heterocycles. The second-order valence-corrected chi connectivity index (χ2v) is 10.3. The van der Waals surface area contributed by atoms with Crippen LogP contribution >= 0.6 is 0 Å². The summed E-state index contributed by atoms with van der Waals surface area (Å²) in [5.74, 6) is 0. The van der Waals surface area contributed by atoms with E-state index in [1.165, 1.54) is 49.7 Å². The number of aliphatic imine (C=N–C) groups is 1. The van der Waals surface area contributed by atoms with E-state index in [-0.39, 0.29) is 6.17 Å². The number of nitrogens with zero attached hydrogens (tertiary/aromatic N) is 2. The van der Waals surface area contributed by atoms with Gasteiger partial charge in [0, 0.05) is 22.4 Å². The number of hydrogen-bond donors (Lipinski definition) is 1. The van der Waals surface area contributed by atoms with Gasteiger partial charge in [0.15, 0.2) is 5.69 Å². The molecule has 0 fully saturated rings. The van der Waals surface area contributed by atoms with Crippen LogP contribution in [0.15, 0.2) is 120 Å². The van der Waals surface area contributed by atoms with Crippen molar-refractivity contribution in [3.63, 3.8) is 0 Å². The van der Waals surface area contributed by atoms with Crippen molar-refractivity contribution in [3.8, 4) is 11.1 Å². The van der Waals surface area contributed by atoms with Crippen LogP contribution in [0.25, 0.3) is 32.9 Å². The van der Waals surface area contributed by atoms with E-state index in [1.54, 1.807) is 0 Å². The lowest BCUT2D eigenvalue weighted by molar-refractivity contribution is -0.615. The molecule has 1 aliphatic heterocycles. The molecule has 1 aromatic heterocycles. The molecule has 6 aromatic rings. The zero-order valence-corrected chi connectivity index (χ0v) is 22.4. The molecule has 1 aliphatic rings. The second kappa shape index (κ2) is 9.68. The van der Waals surface area contributed by atoms with Crippen LogP contribution in [0.1, 0.15) is 36.7 Å². The first-order chi connectivity index (χ1) is 19.3. The molecule has 0 amide bonds. The highest BCUT2D eigenvalue weighted by Crippen LogP contribution is 2.40. The zero-order chi connectivity index (χ0) is 26.3. The van der Waals surface area contributed by atoms with Gasteiger partial charge < -0.3 is 0 Å². The summed E-state index contributed by atoms with van der Waals surface area (Å²) in [5, 5.41) is 5.00. The van der Waals surface area contributed by atoms with E-state index in [0.717, 1.165) is 29.8 Å². The third-order valence-corrected chi connectivity index (χ3v) is 8.16. The van der Waals surface area contributed by atoms with Crippen molar-refractivity contribution in [3.05, 3.63) is 132 Å². The molecule has 1 atom stereocenters.